The molecule has 4 rings (SSSR count). The van der Waals surface area contributed by atoms with Gasteiger partial charge in [0.15, 0.2) is 0 Å². The summed E-state index contributed by atoms with van der Waals surface area (Å²) in [5, 5.41) is 10.7. The third kappa shape index (κ3) is 3.50. The molecule has 0 aliphatic carbocycles. The number of anilines is 1. The van der Waals surface area contributed by atoms with Crippen molar-refractivity contribution in [3.05, 3.63) is 74.5 Å². The van der Waals surface area contributed by atoms with E-state index in [1.165, 1.54) is 35.0 Å². The molecule has 0 bridgehead atoms. The Morgan fingerprint density at radius 2 is 2.03 bits per heavy atom. The summed E-state index contributed by atoms with van der Waals surface area (Å²) in [7, 11) is 0. The van der Waals surface area contributed by atoms with Crippen LogP contribution in [-0.4, -0.2) is 23.4 Å². The number of allylic oxidation sites excluding steroid dienone is 1. The SMILES string of the molecule is Cc1ccc(N2CSC3=C(C#N)[C@H](c4c(F)cccc4Cl)CC(=O)N3C2)cc1C. The van der Waals surface area contributed by atoms with Crippen LogP contribution in [0, 0.1) is 31.0 Å². The van der Waals surface area contributed by atoms with Crippen LogP contribution in [0.25, 0.3) is 0 Å². The van der Waals surface area contributed by atoms with Gasteiger partial charge in [-0.1, -0.05) is 35.5 Å². The van der Waals surface area contributed by atoms with Crippen molar-refractivity contribution < 1.29 is 9.18 Å². The molecule has 2 heterocycles. The third-order valence-corrected chi connectivity index (χ3v) is 6.98. The van der Waals surface area contributed by atoms with E-state index in [4.69, 9.17) is 11.6 Å². The second kappa shape index (κ2) is 7.74. The van der Waals surface area contributed by atoms with Gasteiger partial charge in [0.25, 0.3) is 0 Å². The standard InChI is InChI=1S/C22H19ClFN3OS/c1-13-6-7-15(8-14(13)2)26-11-27-20(28)9-16(17(10-25)22(27)29-12-26)21-18(23)4-3-5-19(21)24/h3-8,16H,9,11-12H2,1-2H3/t16-/m1/s1. The van der Waals surface area contributed by atoms with Crippen molar-refractivity contribution in [2.45, 2.75) is 26.2 Å². The van der Waals surface area contributed by atoms with E-state index < -0.39 is 11.7 Å². The number of amides is 1. The summed E-state index contributed by atoms with van der Waals surface area (Å²) < 4.78 is 14.5. The van der Waals surface area contributed by atoms with E-state index in [0.717, 1.165) is 5.69 Å². The van der Waals surface area contributed by atoms with Gasteiger partial charge >= 0.3 is 0 Å². The van der Waals surface area contributed by atoms with Crippen LogP contribution in [0.4, 0.5) is 10.1 Å². The monoisotopic (exact) mass is 427 g/mol. The van der Waals surface area contributed by atoms with Gasteiger partial charge in [0.2, 0.25) is 5.91 Å². The van der Waals surface area contributed by atoms with Crippen LogP contribution in [-0.2, 0) is 4.79 Å². The Labute approximate surface area is 178 Å². The molecule has 2 aromatic rings. The minimum absolute atomic E-state index is 0.0222. The quantitative estimate of drug-likeness (QED) is 0.651. The molecule has 0 unspecified atom stereocenters. The first-order valence-electron chi connectivity index (χ1n) is 9.24. The molecule has 7 heteroatoms. The average Bonchev–Trinajstić information content (AvgIpc) is 2.70. The van der Waals surface area contributed by atoms with Crippen LogP contribution in [0.1, 0.15) is 29.0 Å². The van der Waals surface area contributed by atoms with E-state index in [2.05, 4.69) is 36.9 Å². The molecule has 0 N–H and O–H groups in total. The predicted molar refractivity (Wildman–Crippen MR) is 114 cm³/mol. The number of carbonyl (C=O) groups excluding carboxylic acids is 1. The molecule has 1 atom stereocenters. The number of halogens is 2. The largest absolute Gasteiger partial charge is 0.344 e. The van der Waals surface area contributed by atoms with Crippen LogP contribution >= 0.6 is 23.4 Å². The van der Waals surface area contributed by atoms with Crippen molar-refractivity contribution in [2.24, 2.45) is 0 Å². The maximum atomic E-state index is 14.5. The lowest BCUT2D eigenvalue weighted by Gasteiger charge is -2.42. The predicted octanol–water partition coefficient (Wildman–Crippen LogP) is 5.32. The highest BCUT2D eigenvalue weighted by molar-refractivity contribution is 8.03. The highest BCUT2D eigenvalue weighted by atomic mass is 35.5. The zero-order valence-electron chi connectivity index (χ0n) is 16.1. The molecule has 2 aliphatic rings. The summed E-state index contributed by atoms with van der Waals surface area (Å²) in [6.45, 7) is 4.49. The van der Waals surface area contributed by atoms with Crippen molar-refractivity contribution in [1.29, 1.82) is 5.26 Å². The Balaban J connectivity index is 1.70. The fourth-order valence-electron chi connectivity index (χ4n) is 3.74. The Morgan fingerprint density at radius 1 is 1.24 bits per heavy atom. The Kier molecular flexibility index (Phi) is 5.28. The summed E-state index contributed by atoms with van der Waals surface area (Å²) in [4.78, 5) is 16.7. The van der Waals surface area contributed by atoms with Crippen molar-refractivity contribution in [3.63, 3.8) is 0 Å². The molecule has 148 valence electrons. The van der Waals surface area contributed by atoms with Crippen molar-refractivity contribution >= 4 is 35.0 Å². The lowest BCUT2D eigenvalue weighted by atomic mass is 9.86. The Hall–Kier alpha value is -2.49. The fraction of sp³-hybridized carbons (Fsp3) is 0.273. The molecule has 2 aliphatic heterocycles. The number of aryl methyl sites for hydroxylation is 2. The van der Waals surface area contributed by atoms with Crippen LogP contribution in [0.3, 0.4) is 0 Å². The molecule has 0 spiro atoms. The topological polar surface area (TPSA) is 47.3 Å². The first-order valence-corrected chi connectivity index (χ1v) is 10.6. The summed E-state index contributed by atoms with van der Waals surface area (Å²) in [6.07, 6.45) is 0.0222. The summed E-state index contributed by atoms with van der Waals surface area (Å²) in [5.41, 5.74) is 4.06. The smallest absolute Gasteiger partial charge is 0.229 e. The molecular weight excluding hydrogens is 409 g/mol. The summed E-state index contributed by atoms with van der Waals surface area (Å²) in [6, 6.07) is 12.9. The number of thioether (sulfide) groups is 1. The first-order chi connectivity index (χ1) is 13.9. The maximum absolute atomic E-state index is 14.5. The molecule has 4 nitrogen and oxygen atoms in total. The number of fused-ring (bicyclic) bond motifs is 1. The van der Waals surface area contributed by atoms with Crippen LogP contribution in [0.5, 0.6) is 0 Å². The van der Waals surface area contributed by atoms with Gasteiger partial charge < -0.3 is 4.90 Å². The van der Waals surface area contributed by atoms with Crippen LogP contribution in [0.2, 0.25) is 5.02 Å². The van der Waals surface area contributed by atoms with Gasteiger partial charge in [-0.05, 0) is 49.2 Å². The number of benzene rings is 2. The van der Waals surface area contributed by atoms with Gasteiger partial charge in [-0.2, -0.15) is 5.26 Å². The number of hydrogen-bond donors (Lipinski definition) is 0. The van der Waals surface area contributed by atoms with E-state index in [1.54, 1.807) is 11.0 Å². The van der Waals surface area contributed by atoms with Crippen LogP contribution < -0.4 is 4.90 Å². The Bertz CT molecular complexity index is 1060. The maximum Gasteiger partial charge on any atom is 0.229 e. The molecule has 1 fully saturated rings. The lowest BCUT2D eigenvalue weighted by Crippen LogP contribution is -2.47. The van der Waals surface area contributed by atoms with Gasteiger partial charge in [0, 0.05) is 28.6 Å². The van der Waals surface area contributed by atoms with Gasteiger partial charge in [-0.3, -0.25) is 9.69 Å². The average molecular weight is 428 g/mol. The molecule has 0 aromatic heterocycles. The second-order valence-corrected chi connectivity index (χ2v) is 8.61. The number of nitrogens with zero attached hydrogens (tertiary/aromatic N) is 3. The number of rotatable bonds is 2. The Morgan fingerprint density at radius 3 is 2.72 bits per heavy atom. The number of carbonyl (C=O) groups is 1. The lowest BCUT2D eigenvalue weighted by molar-refractivity contribution is -0.129. The van der Waals surface area contributed by atoms with E-state index in [1.807, 2.05) is 6.07 Å². The zero-order chi connectivity index (χ0) is 20.7. The van der Waals surface area contributed by atoms with Gasteiger partial charge in [-0.15, -0.1) is 0 Å². The highest BCUT2D eigenvalue weighted by Crippen LogP contribution is 2.45. The van der Waals surface area contributed by atoms with Gasteiger partial charge in [0.1, 0.15) is 5.82 Å². The molecule has 1 amide bonds. The normalized spacial score (nSPS) is 19.3. The van der Waals surface area contributed by atoms with Crippen molar-refractivity contribution in [1.82, 2.24) is 4.90 Å². The number of nitriles is 1. The minimum Gasteiger partial charge on any atom is -0.344 e. The molecule has 1 saturated heterocycles. The molecular formula is C22H19ClFN3OS. The number of hydrogen-bond acceptors (Lipinski definition) is 4. The molecule has 29 heavy (non-hydrogen) atoms. The van der Waals surface area contributed by atoms with Gasteiger partial charge in [-0.25, -0.2) is 4.39 Å². The molecule has 0 radical (unpaired) electrons. The first kappa shape index (κ1) is 19.8. The molecule has 0 saturated carbocycles. The summed E-state index contributed by atoms with van der Waals surface area (Å²) in [5.74, 6) is -0.683. The highest BCUT2D eigenvalue weighted by Gasteiger charge is 2.39. The van der Waals surface area contributed by atoms with E-state index in [-0.39, 0.29) is 22.9 Å². The molecule has 2 aromatic carbocycles. The zero-order valence-corrected chi connectivity index (χ0v) is 17.6. The van der Waals surface area contributed by atoms with E-state index in [0.29, 0.717) is 23.1 Å². The van der Waals surface area contributed by atoms with E-state index >= 15 is 0 Å². The fourth-order valence-corrected chi connectivity index (χ4v) is 5.20. The van der Waals surface area contributed by atoms with E-state index in [9.17, 15) is 14.4 Å². The van der Waals surface area contributed by atoms with Gasteiger partial charge in [0.05, 0.1) is 29.2 Å². The third-order valence-electron chi connectivity index (χ3n) is 5.50. The van der Waals surface area contributed by atoms with Crippen LogP contribution in [0.15, 0.2) is 47.0 Å². The van der Waals surface area contributed by atoms with Crippen molar-refractivity contribution in [3.8, 4) is 6.07 Å². The summed E-state index contributed by atoms with van der Waals surface area (Å²) >= 11 is 7.66. The second-order valence-electron chi connectivity index (χ2n) is 7.27. The minimum atomic E-state index is -0.659. The van der Waals surface area contributed by atoms with Crippen molar-refractivity contribution in [2.75, 3.05) is 17.4 Å².